The molecule has 0 spiro atoms. The van der Waals surface area contributed by atoms with Gasteiger partial charge in [0.1, 0.15) is 5.75 Å². The number of aromatic hydroxyl groups is 1. The Hall–Kier alpha value is -1.95. The molecule has 2 aromatic heterocycles. The molecule has 94 valence electrons. The zero-order valence-corrected chi connectivity index (χ0v) is 9.74. The van der Waals surface area contributed by atoms with Gasteiger partial charge in [-0.25, -0.2) is 0 Å². The second-order valence-corrected chi connectivity index (χ2v) is 4.25. The molecule has 1 atom stereocenters. The minimum Gasteiger partial charge on any atom is -0.505 e. The summed E-state index contributed by atoms with van der Waals surface area (Å²) in [7, 11) is 0. The highest BCUT2D eigenvalue weighted by atomic mass is 16.5. The number of aromatic nitrogens is 3. The zero-order valence-electron chi connectivity index (χ0n) is 9.74. The van der Waals surface area contributed by atoms with Gasteiger partial charge in [-0.15, -0.1) is 0 Å². The van der Waals surface area contributed by atoms with E-state index >= 15 is 0 Å². The number of rotatable bonds is 3. The van der Waals surface area contributed by atoms with Crippen LogP contribution in [-0.4, -0.2) is 32.9 Å². The Morgan fingerprint density at radius 3 is 3.17 bits per heavy atom. The van der Waals surface area contributed by atoms with Gasteiger partial charge in [-0.05, 0) is 18.9 Å². The Labute approximate surface area is 104 Å². The van der Waals surface area contributed by atoms with Gasteiger partial charge in [-0.2, -0.15) is 4.98 Å². The van der Waals surface area contributed by atoms with Crippen LogP contribution in [0, 0.1) is 0 Å². The molecule has 0 bridgehead atoms. The van der Waals surface area contributed by atoms with Crippen molar-refractivity contribution in [3.05, 3.63) is 24.3 Å². The van der Waals surface area contributed by atoms with Gasteiger partial charge >= 0.3 is 0 Å². The van der Waals surface area contributed by atoms with Crippen molar-refractivity contribution in [2.75, 3.05) is 6.61 Å². The van der Waals surface area contributed by atoms with Crippen molar-refractivity contribution < 1.29 is 14.4 Å². The Bertz CT molecular complexity index is 535. The maximum atomic E-state index is 9.64. The van der Waals surface area contributed by atoms with Crippen LogP contribution in [-0.2, 0) is 11.2 Å². The largest absolute Gasteiger partial charge is 0.505 e. The molecular formula is C12H13N3O3. The lowest BCUT2D eigenvalue weighted by Crippen LogP contribution is -2.09. The number of ether oxygens (including phenoxy) is 1. The molecule has 18 heavy (non-hydrogen) atoms. The van der Waals surface area contributed by atoms with E-state index in [1.165, 1.54) is 6.20 Å². The Morgan fingerprint density at radius 2 is 2.39 bits per heavy atom. The molecule has 1 saturated heterocycles. The van der Waals surface area contributed by atoms with Crippen molar-refractivity contribution in [1.29, 1.82) is 0 Å². The second kappa shape index (κ2) is 4.73. The molecule has 1 unspecified atom stereocenters. The fraction of sp³-hybridized carbons (Fsp3) is 0.417. The van der Waals surface area contributed by atoms with E-state index in [0.29, 0.717) is 23.7 Å². The molecule has 0 radical (unpaired) electrons. The maximum absolute atomic E-state index is 9.64. The Balaban J connectivity index is 1.79. The summed E-state index contributed by atoms with van der Waals surface area (Å²) in [5, 5.41) is 13.5. The van der Waals surface area contributed by atoms with E-state index in [0.717, 1.165) is 19.4 Å². The first kappa shape index (κ1) is 11.2. The first-order valence-electron chi connectivity index (χ1n) is 5.90. The average molecular weight is 247 g/mol. The second-order valence-electron chi connectivity index (χ2n) is 4.25. The molecule has 2 aromatic rings. The Morgan fingerprint density at radius 1 is 1.44 bits per heavy atom. The van der Waals surface area contributed by atoms with Crippen LogP contribution >= 0.6 is 0 Å². The first-order valence-corrected chi connectivity index (χ1v) is 5.90. The van der Waals surface area contributed by atoms with E-state index in [9.17, 15) is 5.11 Å². The molecule has 3 heterocycles. The highest BCUT2D eigenvalue weighted by Gasteiger charge is 2.20. The van der Waals surface area contributed by atoms with Gasteiger partial charge in [0.2, 0.25) is 0 Å². The van der Waals surface area contributed by atoms with Crippen LogP contribution in [0.4, 0.5) is 0 Å². The number of hydrogen-bond donors (Lipinski definition) is 1. The van der Waals surface area contributed by atoms with Crippen LogP contribution < -0.4 is 0 Å². The van der Waals surface area contributed by atoms with Gasteiger partial charge < -0.3 is 14.4 Å². The SMILES string of the molecule is Oc1cnccc1-c1nc(CC2CCCO2)no1. The molecular weight excluding hydrogens is 234 g/mol. The zero-order chi connectivity index (χ0) is 12.4. The summed E-state index contributed by atoms with van der Waals surface area (Å²) in [4.78, 5) is 8.06. The van der Waals surface area contributed by atoms with Crippen molar-refractivity contribution in [1.82, 2.24) is 15.1 Å². The smallest absolute Gasteiger partial charge is 0.261 e. The van der Waals surface area contributed by atoms with Crippen molar-refractivity contribution >= 4 is 0 Å². The molecule has 0 aliphatic carbocycles. The average Bonchev–Trinajstić information content (AvgIpc) is 3.02. The van der Waals surface area contributed by atoms with Crippen LogP contribution in [0.15, 0.2) is 23.0 Å². The van der Waals surface area contributed by atoms with Crippen molar-refractivity contribution in [3.63, 3.8) is 0 Å². The third-order valence-corrected chi connectivity index (χ3v) is 2.93. The van der Waals surface area contributed by atoms with Crippen LogP contribution in [0.5, 0.6) is 5.75 Å². The number of hydrogen-bond acceptors (Lipinski definition) is 6. The van der Waals surface area contributed by atoms with Crippen LogP contribution in [0.1, 0.15) is 18.7 Å². The highest BCUT2D eigenvalue weighted by molar-refractivity contribution is 5.60. The monoisotopic (exact) mass is 247 g/mol. The third kappa shape index (κ3) is 2.19. The summed E-state index contributed by atoms with van der Waals surface area (Å²) in [6.45, 7) is 0.806. The van der Waals surface area contributed by atoms with Crippen LogP contribution in [0.2, 0.25) is 0 Å². The van der Waals surface area contributed by atoms with Gasteiger partial charge in [0.15, 0.2) is 5.82 Å². The summed E-state index contributed by atoms with van der Waals surface area (Å²) >= 11 is 0. The molecule has 1 N–H and O–H groups in total. The van der Waals surface area contributed by atoms with Crippen LogP contribution in [0.3, 0.4) is 0 Å². The molecule has 0 amide bonds. The summed E-state index contributed by atoms with van der Waals surface area (Å²) in [6.07, 6.45) is 5.86. The molecule has 3 rings (SSSR count). The lowest BCUT2D eigenvalue weighted by Gasteiger charge is -2.03. The lowest BCUT2D eigenvalue weighted by atomic mass is 10.2. The highest BCUT2D eigenvalue weighted by Crippen LogP contribution is 2.26. The van der Waals surface area contributed by atoms with Gasteiger partial charge in [-0.1, -0.05) is 5.16 Å². The van der Waals surface area contributed by atoms with E-state index < -0.39 is 0 Å². The fourth-order valence-corrected chi connectivity index (χ4v) is 2.02. The predicted octanol–water partition coefficient (Wildman–Crippen LogP) is 1.56. The van der Waals surface area contributed by atoms with Gasteiger partial charge in [-0.3, -0.25) is 4.98 Å². The van der Waals surface area contributed by atoms with Gasteiger partial charge in [0.05, 0.1) is 17.9 Å². The van der Waals surface area contributed by atoms with E-state index in [4.69, 9.17) is 9.26 Å². The van der Waals surface area contributed by atoms with Crippen LogP contribution in [0.25, 0.3) is 11.5 Å². The predicted molar refractivity (Wildman–Crippen MR) is 61.9 cm³/mol. The Kier molecular flexibility index (Phi) is 2.93. The summed E-state index contributed by atoms with van der Waals surface area (Å²) < 4.78 is 10.7. The van der Waals surface area contributed by atoms with Gasteiger partial charge in [0, 0.05) is 19.2 Å². The summed E-state index contributed by atoms with van der Waals surface area (Å²) in [5.74, 6) is 0.945. The number of nitrogens with zero attached hydrogens (tertiary/aromatic N) is 3. The van der Waals surface area contributed by atoms with Crippen molar-refractivity contribution in [2.24, 2.45) is 0 Å². The molecule has 0 saturated carbocycles. The first-order chi connectivity index (χ1) is 8.83. The van der Waals surface area contributed by atoms with Crippen molar-refractivity contribution in [3.8, 4) is 17.2 Å². The minimum absolute atomic E-state index is 0.0322. The van der Waals surface area contributed by atoms with E-state index in [1.807, 2.05) is 0 Å². The minimum atomic E-state index is 0.0322. The molecule has 6 heteroatoms. The normalized spacial score (nSPS) is 19.2. The summed E-state index contributed by atoms with van der Waals surface area (Å²) in [5.41, 5.74) is 0.496. The topological polar surface area (TPSA) is 81.3 Å². The molecule has 1 aliphatic rings. The van der Waals surface area contributed by atoms with E-state index in [2.05, 4.69) is 15.1 Å². The van der Waals surface area contributed by atoms with Crippen molar-refractivity contribution in [2.45, 2.75) is 25.4 Å². The molecule has 6 nitrogen and oxygen atoms in total. The maximum Gasteiger partial charge on any atom is 0.261 e. The molecule has 0 aromatic carbocycles. The quantitative estimate of drug-likeness (QED) is 0.886. The standard InChI is InChI=1S/C12H13N3O3/c16-10-7-13-4-3-9(10)12-14-11(15-18-12)6-8-2-1-5-17-8/h3-4,7-8,16H,1-2,5-6H2. The molecule has 1 fully saturated rings. The summed E-state index contributed by atoms with van der Waals surface area (Å²) in [6, 6.07) is 1.64. The third-order valence-electron chi connectivity index (χ3n) is 2.93. The van der Waals surface area contributed by atoms with E-state index in [1.54, 1.807) is 12.3 Å². The number of pyridine rings is 1. The fourth-order valence-electron chi connectivity index (χ4n) is 2.02. The lowest BCUT2D eigenvalue weighted by molar-refractivity contribution is 0.109. The molecule has 1 aliphatic heterocycles. The van der Waals surface area contributed by atoms with E-state index in [-0.39, 0.29) is 11.9 Å². The van der Waals surface area contributed by atoms with Gasteiger partial charge in [0.25, 0.3) is 5.89 Å².